The topological polar surface area (TPSA) is 82.8 Å². The van der Waals surface area contributed by atoms with Gasteiger partial charge in [-0.3, -0.25) is 4.79 Å². The number of rotatable bonds is 5. The lowest BCUT2D eigenvalue weighted by Gasteiger charge is -2.08. The van der Waals surface area contributed by atoms with Crippen molar-refractivity contribution in [2.45, 2.75) is 26.2 Å². The minimum Gasteiger partial charge on any atom is -0.482 e. The lowest BCUT2D eigenvalue weighted by molar-refractivity contribution is -0.149. The fourth-order valence-corrected chi connectivity index (χ4v) is 2.72. The lowest BCUT2D eigenvalue weighted by Crippen LogP contribution is -2.18. The third-order valence-electron chi connectivity index (χ3n) is 3.74. The molecule has 0 aliphatic heterocycles. The third-order valence-corrected chi connectivity index (χ3v) is 3.74. The number of ether oxygens (including phenoxy) is 2. The maximum atomic E-state index is 11.9. The van der Waals surface area contributed by atoms with Gasteiger partial charge in [0.2, 0.25) is 0 Å². The van der Waals surface area contributed by atoms with Gasteiger partial charge in [0.25, 0.3) is 0 Å². The number of aryl methyl sites for hydroxylation is 1. The van der Waals surface area contributed by atoms with E-state index in [0.29, 0.717) is 11.3 Å². The van der Waals surface area contributed by atoms with Crippen LogP contribution in [0.15, 0.2) is 27.4 Å². The minimum absolute atomic E-state index is 0.236. The number of carbonyl (C=O) groups excluding carboxylic acids is 2. The van der Waals surface area contributed by atoms with Crippen molar-refractivity contribution in [3.05, 3.63) is 39.7 Å². The average Bonchev–Trinajstić information content (AvgIpc) is 3.01. The smallest absolute Gasteiger partial charge is 0.344 e. The average molecular weight is 316 g/mol. The van der Waals surface area contributed by atoms with Crippen molar-refractivity contribution >= 4 is 22.7 Å². The summed E-state index contributed by atoms with van der Waals surface area (Å²) in [6.45, 7) is 0.757. The van der Waals surface area contributed by atoms with Crippen LogP contribution in [0.5, 0.6) is 5.75 Å². The Balaban J connectivity index is 1.76. The fraction of sp³-hybridized carbons (Fsp3) is 0.353. The number of carbonyl (C=O) groups is 2. The molecule has 1 heterocycles. The van der Waals surface area contributed by atoms with Crippen LogP contribution in [0.3, 0.4) is 0 Å². The van der Waals surface area contributed by atoms with Gasteiger partial charge >= 0.3 is 11.6 Å². The molecule has 2 aromatic rings. The summed E-state index contributed by atoms with van der Waals surface area (Å²) in [6, 6.07) is 5.14. The Labute approximate surface area is 132 Å². The van der Waals surface area contributed by atoms with Crippen molar-refractivity contribution in [3.8, 4) is 5.75 Å². The van der Waals surface area contributed by atoms with E-state index in [1.54, 1.807) is 12.1 Å². The van der Waals surface area contributed by atoms with Gasteiger partial charge in [-0.1, -0.05) is 0 Å². The van der Waals surface area contributed by atoms with E-state index in [2.05, 4.69) is 0 Å². The second kappa shape index (κ2) is 6.24. The van der Waals surface area contributed by atoms with E-state index in [1.165, 1.54) is 6.92 Å². The Morgan fingerprint density at radius 2 is 1.96 bits per heavy atom. The predicted molar refractivity (Wildman–Crippen MR) is 81.6 cm³/mol. The van der Waals surface area contributed by atoms with Crippen LogP contribution in [0.2, 0.25) is 0 Å². The zero-order valence-electron chi connectivity index (χ0n) is 12.7. The second-order valence-electron chi connectivity index (χ2n) is 5.51. The standard InChI is InChI=1S/C17H16O6/c1-10(18)8-22-16(19)9-21-11-5-6-13-12-3-2-4-14(12)17(20)23-15(13)7-11/h5-7H,2-4,8-9H2,1H3. The van der Waals surface area contributed by atoms with Crippen molar-refractivity contribution in [1.82, 2.24) is 0 Å². The van der Waals surface area contributed by atoms with Crippen LogP contribution in [-0.2, 0) is 27.2 Å². The Bertz CT molecular complexity index is 833. The van der Waals surface area contributed by atoms with Crippen LogP contribution >= 0.6 is 0 Å². The van der Waals surface area contributed by atoms with Crippen LogP contribution in [0.25, 0.3) is 11.0 Å². The summed E-state index contributed by atoms with van der Waals surface area (Å²) < 4.78 is 15.4. The van der Waals surface area contributed by atoms with Gasteiger partial charge in [-0.2, -0.15) is 0 Å². The zero-order valence-corrected chi connectivity index (χ0v) is 12.7. The van der Waals surface area contributed by atoms with Crippen LogP contribution in [0.4, 0.5) is 0 Å². The van der Waals surface area contributed by atoms with Gasteiger partial charge in [-0.05, 0) is 43.9 Å². The first-order valence-corrected chi connectivity index (χ1v) is 7.41. The molecule has 0 fully saturated rings. The summed E-state index contributed by atoms with van der Waals surface area (Å²) >= 11 is 0. The molecular weight excluding hydrogens is 300 g/mol. The Hall–Kier alpha value is -2.63. The first-order chi connectivity index (χ1) is 11.0. The molecule has 0 unspecified atom stereocenters. The Kier molecular flexibility index (Phi) is 4.14. The molecule has 0 radical (unpaired) electrons. The highest BCUT2D eigenvalue weighted by Crippen LogP contribution is 2.29. The molecule has 1 aliphatic rings. The molecule has 120 valence electrons. The number of hydrogen-bond donors (Lipinski definition) is 0. The highest BCUT2D eigenvalue weighted by molar-refractivity contribution is 5.83. The fourth-order valence-electron chi connectivity index (χ4n) is 2.72. The Morgan fingerprint density at radius 3 is 2.74 bits per heavy atom. The molecule has 3 rings (SSSR count). The number of Topliss-reactive ketones (excluding diaryl/α,β-unsaturated/α-hetero) is 1. The van der Waals surface area contributed by atoms with E-state index >= 15 is 0 Å². The summed E-state index contributed by atoms with van der Waals surface area (Å²) in [4.78, 5) is 34.1. The number of esters is 1. The van der Waals surface area contributed by atoms with Crippen molar-refractivity contribution in [1.29, 1.82) is 0 Å². The lowest BCUT2D eigenvalue weighted by atomic mass is 10.1. The third kappa shape index (κ3) is 3.26. The van der Waals surface area contributed by atoms with Gasteiger partial charge < -0.3 is 13.9 Å². The van der Waals surface area contributed by atoms with Gasteiger partial charge in [-0.25, -0.2) is 9.59 Å². The van der Waals surface area contributed by atoms with Crippen molar-refractivity contribution in [2.75, 3.05) is 13.2 Å². The van der Waals surface area contributed by atoms with E-state index in [9.17, 15) is 14.4 Å². The molecule has 0 amide bonds. The second-order valence-corrected chi connectivity index (χ2v) is 5.51. The van der Waals surface area contributed by atoms with Crippen LogP contribution in [-0.4, -0.2) is 25.0 Å². The van der Waals surface area contributed by atoms with E-state index in [-0.39, 0.29) is 24.6 Å². The van der Waals surface area contributed by atoms with Crippen molar-refractivity contribution in [3.63, 3.8) is 0 Å². The zero-order chi connectivity index (χ0) is 16.4. The predicted octanol–water partition coefficient (Wildman–Crippen LogP) is 1.79. The molecule has 1 aromatic heterocycles. The maximum absolute atomic E-state index is 11.9. The van der Waals surface area contributed by atoms with Crippen molar-refractivity contribution < 1.29 is 23.5 Å². The maximum Gasteiger partial charge on any atom is 0.344 e. The molecule has 1 aliphatic carbocycles. The van der Waals surface area contributed by atoms with E-state index < -0.39 is 5.97 Å². The van der Waals surface area contributed by atoms with Crippen LogP contribution < -0.4 is 10.4 Å². The largest absolute Gasteiger partial charge is 0.482 e. The van der Waals surface area contributed by atoms with E-state index in [0.717, 1.165) is 35.8 Å². The first-order valence-electron chi connectivity index (χ1n) is 7.41. The highest BCUT2D eigenvalue weighted by Gasteiger charge is 2.19. The first kappa shape index (κ1) is 15.3. The number of hydrogen-bond acceptors (Lipinski definition) is 6. The van der Waals surface area contributed by atoms with Gasteiger partial charge in [0.05, 0.1) is 0 Å². The summed E-state index contributed by atoms with van der Waals surface area (Å²) in [5.74, 6) is -0.464. The summed E-state index contributed by atoms with van der Waals surface area (Å²) in [5.41, 5.74) is 1.95. The van der Waals surface area contributed by atoms with Crippen LogP contribution in [0.1, 0.15) is 24.5 Å². The molecule has 0 N–H and O–H groups in total. The van der Waals surface area contributed by atoms with Gasteiger partial charge in [0.15, 0.2) is 12.4 Å². The number of ketones is 1. The monoisotopic (exact) mass is 316 g/mol. The van der Waals surface area contributed by atoms with E-state index in [1.807, 2.05) is 6.07 Å². The molecule has 1 aromatic carbocycles. The Morgan fingerprint density at radius 1 is 1.17 bits per heavy atom. The van der Waals surface area contributed by atoms with Crippen molar-refractivity contribution in [2.24, 2.45) is 0 Å². The molecule has 0 saturated carbocycles. The molecule has 0 saturated heterocycles. The molecule has 6 heteroatoms. The van der Waals surface area contributed by atoms with Gasteiger partial charge in [-0.15, -0.1) is 0 Å². The van der Waals surface area contributed by atoms with E-state index in [4.69, 9.17) is 13.9 Å². The SMILES string of the molecule is CC(=O)COC(=O)COc1ccc2c3c(c(=O)oc2c1)CCC3. The highest BCUT2D eigenvalue weighted by atomic mass is 16.6. The van der Waals surface area contributed by atoms with Gasteiger partial charge in [0, 0.05) is 17.0 Å². The molecule has 0 spiro atoms. The normalized spacial score (nSPS) is 12.9. The molecule has 6 nitrogen and oxygen atoms in total. The molecule has 0 atom stereocenters. The van der Waals surface area contributed by atoms with Crippen LogP contribution in [0, 0.1) is 0 Å². The van der Waals surface area contributed by atoms with Gasteiger partial charge in [0.1, 0.15) is 17.9 Å². The quantitative estimate of drug-likeness (QED) is 0.618. The molecule has 23 heavy (non-hydrogen) atoms. The number of fused-ring (bicyclic) bond motifs is 3. The summed E-state index contributed by atoms with van der Waals surface area (Å²) in [6.07, 6.45) is 2.59. The summed E-state index contributed by atoms with van der Waals surface area (Å²) in [5, 5.41) is 0.906. The molecule has 0 bridgehead atoms. The number of benzene rings is 1. The minimum atomic E-state index is -0.629. The molecular formula is C17H16O6. The summed E-state index contributed by atoms with van der Waals surface area (Å²) in [7, 11) is 0.